The van der Waals surface area contributed by atoms with E-state index in [1.807, 2.05) is 76.6 Å². The van der Waals surface area contributed by atoms with E-state index in [1.54, 1.807) is 17.0 Å². The number of rotatable bonds is 11. The van der Waals surface area contributed by atoms with Crippen LogP contribution in [0.3, 0.4) is 0 Å². The van der Waals surface area contributed by atoms with Crippen molar-refractivity contribution in [2.45, 2.75) is 51.3 Å². The molecule has 3 amide bonds. The number of likely N-dealkylation sites (tertiary alicyclic amines) is 1. The minimum atomic E-state index is -0.878. The van der Waals surface area contributed by atoms with Gasteiger partial charge in [-0.3, -0.25) is 4.79 Å². The van der Waals surface area contributed by atoms with E-state index < -0.39 is 6.04 Å². The van der Waals surface area contributed by atoms with E-state index in [9.17, 15) is 14.0 Å². The van der Waals surface area contributed by atoms with E-state index in [0.717, 1.165) is 22.0 Å². The van der Waals surface area contributed by atoms with Crippen molar-refractivity contribution in [3.8, 4) is 11.5 Å². The second-order valence-electron chi connectivity index (χ2n) is 11.8. The molecule has 10 heteroatoms. The van der Waals surface area contributed by atoms with Crippen LogP contribution >= 0.6 is 0 Å². The molecule has 9 nitrogen and oxygen atoms in total. The van der Waals surface area contributed by atoms with Crippen molar-refractivity contribution in [3.05, 3.63) is 89.9 Å². The third kappa shape index (κ3) is 7.94. The Morgan fingerprint density at radius 1 is 1.07 bits per heavy atom. The van der Waals surface area contributed by atoms with Crippen LogP contribution in [0.2, 0.25) is 0 Å². The maximum absolute atomic E-state index is 14.1. The fourth-order valence-electron chi connectivity index (χ4n) is 5.80. The summed E-state index contributed by atoms with van der Waals surface area (Å²) in [7, 11) is 3.97. The minimum absolute atomic E-state index is 0.0878. The normalized spacial score (nSPS) is 15.1. The summed E-state index contributed by atoms with van der Waals surface area (Å²) in [6.45, 7) is 5.93. The van der Waals surface area contributed by atoms with Gasteiger partial charge in [0.15, 0.2) is 0 Å². The van der Waals surface area contributed by atoms with Crippen molar-refractivity contribution in [2.24, 2.45) is 0 Å². The lowest BCUT2D eigenvalue weighted by atomic mass is 9.92. The fourth-order valence-corrected chi connectivity index (χ4v) is 5.80. The number of amides is 3. The number of para-hydroxylation sites is 1. The third-order valence-corrected chi connectivity index (χ3v) is 8.12. The van der Waals surface area contributed by atoms with Gasteiger partial charge in [-0.25, -0.2) is 9.18 Å². The average Bonchev–Trinajstić information content (AvgIpc) is 3.46. The minimum Gasteiger partial charge on any atom is -0.492 e. The number of aromatic nitrogens is 1. The highest BCUT2D eigenvalue weighted by atomic mass is 19.1. The quantitative estimate of drug-likeness (QED) is 0.189. The summed E-state index contributed by atoms with van der Waals surface area (Å²) in [6, 6.07) is 18.5. The number of urea groups is 1. The molecule has 238 valence electrons. The first kappa shape index (κ1) is 31.8. The van der Waals surface area contributed by atoms with E-state index in [4.69, 9.17) is 9.47 Å². The summed E-state index contributed by atoms with van der Waals surface area (Å²) in [4.78, 5) is 34.8. The molecular weight excluding hydrogens is 573 g/mol. The summed E-state index contributed by atoms with van der Waals surface area (Å²) in [5.41, 5.74) is 3.48. The zero-order chi connectivity index (χ0) is 31.9. The second-order valence-corrected chi connectivity index (χ2v) is 11.8. The van der Waals surface area contributed by atoms with E-state index >= 15 is 0 Å². The number of anilines is 1. The van der Waals surface area contributed by atoms with Crippen molar-refractivity contribution in [2.75, 3.05) is 39.1 Å². The monoisotopic (exact) mass is 615 g/mol. The van der Waals surface area contributed by atoms with Gasteiger partial charge < -0.3 is 34.9 Å². The molecule has 0 radical (unpaired) electrons. The topological polar surface area (TPSA) is 98.9 Å². The Balaban J connectivity index is 1.34. The first-order valence-corrected chi connectivity index (χ1v) is 15.5. The van der Waals surface area contributed by atoms with Crippen LogP contribution in [0.4, 0.5) is 14.9 Å². The van der Waals surface area contributed by atoms with Crippen LogP contribution in [0.15, 0.2) is 72.9 Å². The third-order valence-electron chi connectivity index (χ3n) is 8.12. The molecule has 1 aliphatic rings. The Hall–Kier alpha value is -4.57. The molecule has 0 spiro atoms. The number of fused-ring (bicyclic) bond motifs is 1. The summed E-state index contributed by atoms with van der Waals surface area (Å²) in [5.74, 6) is 0.166. The van der Waals surface area contributed by atoms with Crippen LogP contribution in [-0.4, -0.2) is 72.7 Å². The molecule has 4 aromatic rings. The molecule has 1 fully saturated rings. The van der Waals surface area contributed by atoms with Gasteiger partial charge >= 0.3 is 6.03 Å². The number of carbonyl (C=O) groups is 2. The molecule has 1 saturated heterocycles. The van der Waals surface area contributed by atoms with Crippen LogP contribution in [0.5, 0.6) is 11.5 Å². The Bertz CT molecular complexity index is 1600. The highest BCUT2D eigenvalue weighted by molar-refractivity contribution is 5.99. The van der Waals surface area contributed by atoms with Crippen LogP contribution in [0.1, 0.15) is 43.7 Å². The molecule has 0 saturated carbocycles. The molecule has 0 bridgehead atoms. The van der Waals surface area contributed by atoms with E-state index in [0.29, 0.717) is 56.3 Å². The first-order chi connectivity index (χ1) is 21.7. The van der Waals surface area contributed by atoms with Crippen molar-refractivity contribution in [1.29, 1.82) is 0 Å². The molecule has 0 unspecified atom stereocenters. The van der Waals surface area contributed by atoms with Gasteiger partial charge in [0.25, 0.3) is 0 Å². The molecule has 1 aromatic heterocycles. The number of aromatic amines is 1. The number of H-pyrrole nitrogens is 1. The lowest BCUT2D eigenvalue weighted by Gasteiger charge is -2.34. The maximum atomic E-state index is 14.1. The van der Waals surface area contributed by atoms with E-state index in [1.165, 1.54) is 12.1 Å². The largest absolute Gasteiger partial charge is 0.492 e. The van der Waals surface area contributed by atoms with Gasteiger partial charge in [-0.1, -0.05) is 31.2 Å². The Labute approximate surface area is 263 Å². The van der Waals surface area contributed by atoms with Gasteiger partial charge in [0.1, 0.15) is 29.5 Å². The second kappa shape index (κ2) is 14.5. The Kier molecular flexibility index (Phi) is 10.2. The van der Waals surface area contributed by atoms with E-state index in [2.05, 4.69) is 20.5 Å². The number of benzene rings is 3. The van der Waals surface area contributed by atoms with Crippen molar-refractivity contribution >= 4 is 28.5 Å². The summed E-state index contributed by atoms with van der Waals surface area (Å²) >= 11 is 0. The zero-order valence-corrected chi connectivity index (χ0v) is 26.3. The number of halogens is 1. The van der Waals surface area contributed by atoms with Gasteiger partial charge in [-0.2, -0.15) is 0 Å². The standard InChI is InChI=1S/C35H42FN5O4/c1-5-44-32-15-10-24(22-40(3)4)20-31(32)38-34(42)33(23(2)29-21-37-30-9-7-6-8-28(29)30)39-35(43)41-18-16-27(17-19-41)45-26-13-11-25(36)12-14-26/h6-15,20-21,23,27,33,37H,5,16-19,22H2,1-4H3,(H,38,42)(H,39,43)/t23-,33+/m0/s1. The molecule has 3 aromatic carbocycles. The molecule has 2 heterocycles. The molecule has 45 heavy (non-hydrogen) atoms. The summed E-state index contributed by atoms with van der Waals surface area (Å²) in [5, 5.41) is 7.13. The molecule has 0 aliphatic carbocycles. The van der Waals surface area contributed by atoms with Crippen LogP contribution in [0, 0.1) is 5.82 Å². The number of carbonyl (C=O) groups excluding carboxylic acids is 2. The predicted molar refractivity (Wildman–Crippen MR) is 174 cm³/mol. The number of nitrogens with zero attached hydrogens (tertiary/aromatic N) is 2. The lowest BCUT2D eigenvalue weighted by Crippen LogP contribution is -2.53. The Morgan fingerprint density at radius 2 is 1.80 bits per heavy atom. The molecule has 3 N–H and O–H groups in total. The van der Waals surface area contributed by atoms with Gasteiger partial charge in [0.2, 0.25) is 5.91 Å². The number of nitrogens with one attached hydrogen (secondary N) is 3. The van der Waals surface area contributed by atoms with Crippen LogP contribution < -0.4 is 20.1 Å². The van der Waals surface area contributed by atoms with E-state index in [-0.39, 0.29) is 29.8 Å². The highest BCUT2D eigenvalue weighted by Gasteiger charge is 2.33. The molecule has 2 atom stereocenters. The number of hydrogen-bond acceptors (Lipinski definition) is 5. The van der Waals surface area contributed by atoms with Gasteiger partial charge in [-0.15, -0.1) is 0 Å². The first-order valence-electron chi connectivity index (χ1n) is 15.5. The maximum Gasteiger partial charge on any atom is 0.318 e. The lowest BCUT2D eigenvalue weighted by molar-refractivity contribution is -0.118. The van der Waals surface area contributed by atoms with Crippen LogP contribution in [0.25, 0.3) is 10.9 Å². The highest BCUT2D eigenvalue weighted by Crippen LogP contribution is 2.31. The van der Waals surface area contributed by atoms with Crippen molar-refractivity contribution in [1.82, 2.24) is 20.1 Å². The average molecular weight is 616 g/mol. The molecule has 1 aliphatic heterocycles. The number of ether oxygens (including phenoxy) is 2. The summed E-state index contributed by atoms with van der Waals surface area (Å²) in [6.07, 6.45) is 3.06. The van der Waals surface area contributed by atoms with Crippen molar-refractivity contribution < 1.29 is 23.5 Å². The van der Waals surface area contributed by atoms with Crippen molar-refractivity contribution in [3.63, 3.8) is 0 Å². The molecule has 5 rings (SSSR count). The van der Waals surface area contributed by atoms with Gasteiger partial charge in [0, 0.05) is 55.5 Å². The van der Waals surface area contributed by atoms with Crippen LogP contribution in [-0.2, 0) is 11.3 Å². The van der Waals surface area contributed by atoms with Gasteiger partial charge in [0.05, 0.1) is 12.3 Å². The number of hydrogen-bond donors (Lipinski definition) is 3. The fraction of sp³-hybridized carbons (Fsp3) is 0.371. The zero-order valence-electron chi connectivity index (χ0n) is 26.3. The Morgan fingerprint density at radius 3 is 2.51 bits per heavy atom. The summed E-state index contributed by atoms with van der Waals surface area (Å²) < 4.78 is 25.1. The number of piperidine rings is 1. The molecular formula is C35H42FN5O4. The SMILES string of the molecule is CCOc1ccc(CN(C)C)cc1NC(=O)[C@H](NC(=O)N1CCC(Oc2ccc(F)cc2)CC1)[C@@H](C)c1c[nH]c2ccccc12. The van der Waals surface area contributed by atoms with Gasteiger partial charge in [-0.05, 0) is 74.6 Å². The predicted octanol–water partition coefficient (Wildman–Crippen LogP) is 6.13. The smallest absolute Gasteiger partial charge is 0.318 e.